The summed E-state index contributed by atoms with van der Waals surface area (Å²) in [5, 5.41) is 3.42. The van der Waals surface area contributed by atoms with E-state index in [2.05, 4.69) is 19.2 Å². The molecule has 2 fully saturated rings. The average molecular weight is 303 g/mol. The maximum atomic E-state index is 12.5. The summed E-state index contributed by atoms with van der Waals surface area (Å²) in [4.78, 5) is 0. The Kier molecular flexibility index (Phi) is 5.10. The van der Waals surface area contributed by atoms with Gasteiger partial charge >= 0.3 is 0 Å². The summed E-state index contributed by atoms with van der Waals surface area (Å²) >= 11 is 0. The summed E-state index contributed by atoms with van der Waals surface area (Å²) in [6, 6.07) is 0.694. The van der Waals surface area contributed by atoms with Crippen LogP contribution in [0.1, 0.15) is 46.0 Å². The Labute approximate surface area is 123 Å². The van der Waals surface area contributed by atoms with Gasteiger partial charge in [0.25, 0.3) is 10.2 Å². The van der Waals surface area contributed by atoms with Crippen LogP contribution in [-0.4, -0.2) is 56.3 Å². The van der Waals surface area contributed by atoms with E-state index in [1.807, 2.05) is 0 Å². The molecule has 1 saturated carbocycles. The summed E-state index contributed by atoms with van der Waals surface area (Å²) in [5.74, 6) is 0. The predicted octanol–water partition coefficient (Wildman–Crippen LogP) is 1.43. The summed E-state index contributed by atoms with van der Waals surface area (Å²) in [5.41, 5.74) is 0.0969. The number of rotatable bonds is 7. The van der Waals surface area contributed by atoms with Gasteiger partial charge in [-0.25, -0.2) is 0 Å². The van der Waals surface area contributed by atoms with Gasteiger partial charge in [0.15, 0.2) is 0 Å². The monoisotopic (exact) mass is 303 g/mol. The lowest BCUT2D eigenvalue weighted by Gasteiger charge is -2.38. The van der Waals surface area contributed by atoms with Crippen molar-refractivity contribution in [1.82, 2.24) is 13.9 Å². The molecule has 0 aromatic rings. The molecule has 0 atom stereocenters. The van der Waals surface area contributed by atoms with Crippen molar-refractivity contribution in [2.24, 2.45) is 5.41 Å². The third-order valence-electron chi connectivity index (χ3n) is 4.25. The second-order valence-corrected chi connectivity index (χ2v) is 9.05. The van der Waals surface area contributed by atoms with Crippen molar-refractivity contribution < 1.29 is 8.42 Å². The van der Waals surface area contributed by atoms with Gasteiger partial charge in [-0.05, 0) is 44.1 Å². The van der Waals surface area contributed by atoms with Gasteiger partial charge in [-0.3, -0.25) is 0 Å². The zero-order chi connectivity index (χ0) is 14.8. The van der Waals surface area contributed by atoms with E-state index in [4.69, 9.17) is 0 Å². The van der Waals surface area contributed by atoms with Gasteiger partial charge in [0.2, 0.25) is 0 Å². The molecule has 0 amide bonds. The summed E-state index contributed by atoms with van der Waals surface area (Å²) in [7, 11) is -1.58. The predicted molar refractivity (Wildman–Crippen MR) is 81.8 cm³/mol. The number of hydrogen-bond donors (Lipinski definition) is 1. The van der Waals surface area contributed by atoms with Gasteiger partial charge in [0.1, 0.15) is 0 Å². The lowest BCUT2D eigenvalue weighted by atomic mass is 9.85. The first-order valence-corrected chi connectivity index (χ1v) is 9.16. The number of hydrogen-bond acceptors (Lipinski definition) is 3. The molecule has 0 aromatic carbocycles. The molecule has 6 heteroatoms. The standard InChI is InChI=1S/C14H29N3O2S/c1-14(2)8-4-11-17(12-14)20(18,19)16(3)10-5-9-15-13-6-7-13/h13,15H,4-12H2,1-3H3. The molecule has 1 aliphatic carbocycles. The Morgan fingerprint density at radius 3 is 2.65 bits per heavy atom. The van der Waals surface area contributed by atoms with Crippen LogP contribution in [0, 0.1) is 5.41 Å². The Hall–Kier alpha value is -0.170. The fourth-order valence-corrected chi connectivity index (χ4v) is 4.40. The molecule has 0 radical (unpaired) electrons. The molecule has 118 valence electrons. The van der Waals surface area contributed by atoms with Gasteiger partial charge in [0.05, 0.1) is 0 Å². The lowest BCUT2D eigenvalue weighted by Crippen LogP contribution is -2.49. The minimum atomic E-state index is -3.28. The third kappa shape index (κ3) is 4.41. The minimum Gasteiger partial charge on any atom is -0.314 e. The summed E-state index contributed by atoms with van der Waals surface area (Å²) in [6.45, 7) is 7.11. The van der Waals surface area contributed by atoms with Gasteiger partial charge in [-0.2, -0.15) is 17.0 Å². The average Bonchev–Trinajstić information content (AvgIpc) is 3.17. The lowest BCUT2D eigenvalue weighted by molar-refractivity contribution is 0.179. The number of piperidine rings is 1. The second-order valence-electron chi connectivity index (χ2n) is 7.01. The van der Waals surface area contributed by atoms with Crippen LogP contribution in [0.5, 0.6) is 0 Å². The van der Waals surface area contributed by atoms with E-state index in [0.717, 1.165) is 25.8 Å². The molecule has 1 saturated heterocycles. The highest BCUT2D eigenvalue weighted by atomic mass is 32.2. The molecule has 1 aliphatic heterocycles. The van der Waals surface area contributed by atoms with Crippen molar-refractivity contribution in [2.45, 2.75) is 52.0 Å². The molecule has 0 spiro atoms. The fraction of sp³-hybridized carbons (Fsp3) is 1.00. The smallest absolute Gasteiger partial charge is 0.281 e. The van der Waals surface area contributed by atoms with E-state index in [1.165, 1.54) is 17.1 Å². The van der Waals surface area contributed by atoms with E-state index >= 15 is 0 Å². The zero-order valence-corrected chi connectivity index (χ0v) is 13.9. The highest BCUT2D eigenvalue weighted by Gasteiger charge is 2.35. The molecule has 5 nitrogen and oxygen atoms in total. The fourth-order valence-electron chi connectivity index (χ4n) is 2.77. The molecular weight excluding hydrogens is 274 g/mol. The van der Waals surface area contributed by atoms with E-state index < -0.39 is 10.2 Å². The highest BCUT2D eigenvalue weighted by molar-refractivity contribution is 7.86. The van der Waals surface area contributed by atoms with E-state index in [9.17, 15) is 8.42 Å². The number of nitrogens with one attached hydrogen (secondary N) is 1. The van der Waals surface area contributed by atoms with E-state index in [0.29, 0.717) is 25.7 Å². The van der Waals surface area contributed by atoms with Gasteiger partial charge in [-0.15, -0.1) is 0 Å². The van der Waals surface area contributed by atoms with Crippen LogP contribution in [0.4, 0.5) is 0 Å². The molecule has 1 N–H and O–H groups in total. The summed E-state index contributed by atoms with van der Waals surface area (Å²) < 4.78 is 28.3. The Bertz CT molecular complexity index is 418. The van der Waals surface area contributed by atoms with Gasteiger partial charge in [0, 0.05) is 32.7 Å². The van der Waals surface area contributed by atoms with Crippen molar-refractivity contribution in [3.8, 4) is 0 Å². The van der Waals surface area contributed by atoms with E-state index in [1.54, 1.807) is 11.4 Å². The molecule has 0 bridgehead atoms. The maximum absolute atomic E-state index is 12.5. The summed E-state index contributed by atoms with van der Waals surface area (Å²) in [6.07, 6.45) is 5.49. The molecule has 20 heavy (non-hydrogen) atoms. The van der Waals surface area contributed by atoms with Crippen LogP contribution in [0.15, 0.2) is 0 Å². The topological polar surface area (TPSA) is 52.7 Å². The van der Waals surface area contributed by atoms with E-state index in [-0.39, 0.29) is 5.41 Å². The molecule has 1 heterocycles. The Morgan fingerprint density at radius 1 is 1.35 bits per heavy atom. The van der Waals surface area contributed by atoms with Crippen LogP contribution < -0.4 is 5.32 Å². The number of nitrogens with zero attached hydrogens (tertiary/aromatic N) is 2. The SMILES string of the molecule is CN(CCCNC1CC1)S(=O)(=O)N1CCCC(C)(C)C1. The minimum absolute atomic E-state index is 0.0969. The Morgan fingerprint density at radius 2 is 2.05 bits per heavy atom. The van der Waals surface area contributed by atoms with Crippen molar-refractivity contribution in [3.63, 3.8) is 0 Å². The normalized spacial score (nSPS) is 24.2. The van der Waals surface area contributed by atoms with Gasteiger partial charge in [-0.1, -0.05) is 13.8 Å². The van der Waals surface area contributed by atoms with Crippen LogP contribution in [0.2, 0.25) is 0 Å². The first-order valence-electron chi connectivity index (χ1n) is 7.76. The molecular formula is C14H29N3O2S. The first kappa shape index (κ1) is 16.2. The zero-order valence-electron chi connectivity index (χ0n) is 13.1. The van der Waals surface area contributed by atoms with Crippen LogP contribution in [0.25, 0.3) is 0 Å². The van der Waals surface area contributed by atoms with Crippen molar-refractivity contribution in [3.05, 3.63) is 0 Å². The maximum Gasteiger partial charge on any atom is 0.281 e. The largest absolute Gasteiger partial charge is 0.314 e. The van der Waals surface area contributed by atoms with Crippen LogP contribution >= 0.6 is 0 Å². The van der Waals surface area contributed by atoms with Crippen molar-refractivity contribution in [1.29, 1.82) is 0 Å². The quantitative estimate of drug-likeness (QED) is 0.724. The first-order chi connectivity index (χ1) is 9.31. The van der Waals surface area contributed by atoms with Crippen LogP contribution in [-0.2, 0) is 10.2 Å². The van der Waals surface area contributed by atoms with Gasteiger partial charge < -0.3 is 5.32 Å². The third-order valence-corrected chi connectivity index (χ3v) is 6.18. The molecule has 2 aliphatic rings. The second kappa shape index (κ2) is 6.30. The molecule has 0 unspecified atom stereocenters. The molecule has 0 aromatic heterocycles. The van der Waals surface area contributed by atoms with Crippen molar-refractivity contribution >= 4 is 10.2 Å². The van der Waals surface area contributed by atoms with Crippen molar-refractivity contribution in [2.75, 3.05) is 33.2 Å². The highest BCUT2D eigenvalue weighted by Crippen LogP contribution is 2.30. The Balaban J connectivity index is 1.80. The van der Waals surface area contributed by atoms with Crippen LogP contribution in [0.3, 0.4) is 0 Å². The molecule has 2 rings (SSSR count).